The van der Waals surface area contributed by atoms with Crippen molar-refractivity contribution in [3.05, 3.63) is 47.0 Å². The molecule has 108 valence electrons. The van der Waals surface area contributed by atoms with Gasteiger partial charge in [-0.3, -0.25) is 4.90 Å². The first-order valence-electron chi connectivity index (χ1n) is 6.10. The van der Waals surface area contributed by atoms with Crippen LogP contribution in [0.25, 0.3) is 0 Å². The van der Waals surface area contributed by atoms with Crippen molar-refractivity contribution in [3.63, 3.8) is 0 Å². The molecule has 1 unspecified atom stereocenters. The van der Waals surface area contributed by atoms with Crippen LogP contribution in [0.1, 0.15) is 23.6 Å². The van der Waals surface area contributed by atoms with Crippen LogP contribution in [0.4, 0.5) is 13.2 Å². The molecule has 1 atom stereocenters. The zero-order valence-corrected chi connectivity index (χ0v) is 10.8. The third-order valence-electron chi connectivity index (χ3n) is 3.40. The number of halogens is 3. The molecule has 0 bridgehead atoms. The van der Waals surface area contributed by atoms with E-state index in [1.165, 1.54) is 12.1 Å². The molecule has 1 aliphatic heterocycles. The Bertz CT molecular complexity index is 552. The first kappa shape index (κ1) is 14.6. The minimum atomic E-state index is -4.40. The van der Waals surface area contributed by atoms with E-state index in [1.807, 2.05) is 4.90 Å². The van der Waals surface area contributed by atoms with Gasteiger partial charge in [0.05, 0.1) is 11.6 Å². The van der Waals surface area contributed by atoms with Gasteiger partial charge < -0.3 is 5.11 Å². The third kappa shape index (κ3) is 3.01. The average molecular weight is 285 g/mol. The van der Waals surface area contributed by atoms with Crippen molar-refractivity contribution in [2.75, 3.05) is 13.6 Å². The molecule has 0 fully saturated rings. The van der Waals surface area contributed by atoms with Gasteiger partial charge in [-0.05, 0) is 31.2 Å². The fourth-order valence-electron chi connectivity index (χ4n) is 2.26. The molecule has 3 nitrogen and oxygen atoms in total. The van der Waals surface area contributed by atoms with E-state index >= 15 is 0 Å². The van der Waals surface area contributed by atoms with Gasteiger partial charge >= 0.3 is 12.1 Å². The molecule has 6 heteroatoms. The summed E-state index contributed by atoms with van der Waals surface area (Å²) in [6.45, 7) is 0.499. The molecular weight excluding hydrogens is 271 g/mol. The molecule has 0 amide bonds. The lowest BCUT2D eigenvalue weighted by Crippen LogP contribution is -2.30. The molecule has 20 heavy (non-hydrogen) atoms. The lowest BCUT2D eigenvalue weighted by molar-refractivity contribution is -0.137. The Labute approximate surface area is 114 Å². The number of nitrogens with zero attached hydrogens (tertiary/aromatic N) is 1. The molecule has 1 aromatic carbocycles. The Morgan fingerprint density at radius 1 is 1.40 bits per heavy atom. The third-order valence-corrected chi connectivity index (χ3v) is 3.40. The van der Waals surface area contributed by atoms with Crippen molar-refractivity contribution in [3.8, 4) is 0 Å². The number of rotatable bonds is 2. The number of alkyl halides is 3. The lowest BCUT2D eigenvalue weighted by atomic mass is 9.96. The Hall–Kier alpha value is -1.82. The molecule has 1 heterocycles. The average Bonchev–Trinajstić information content (AvgIpc) is 2.38. The van der Waals surface area contributed by atoms with E-state index in [2.05, 4.69) is 0 Å². The van der Waals surface area contributed by atoms with Crippen LogP contribution >= 0.6 is 0 Å². The summed E-state index contributed by atoms with van der Waals surface area (Å²) in [7, 11) is 1.76. The molecule has 1 N–H and O–H groups in total. The number of hydrogen-bond acceptors (Lipinski definition) is 2. The monoisotopic (exact) mass is 285 g/mol. The maximum atomic E-state index is 12.7. The number of benzene rings is 1. The van der Waals surface area contributed by atoms with Gasteiger partial charge in [0.15, 0.2) is 0 Å². The normalized spacial score (nSPS) is 20.6. The SMILES string of the molecule is CN1CCC(C(=O)O)=CC1c1cccc(C(F)(F)F)c1. The van der Waals surface area contributed by atoms with Crippen LogP contribution in [0, 0.1) is 0 Å². The van der Waals surface area contributed by atoms with Gasteiger partial charge in [-0.25, -0.2) is 4.79 Å². The molecular formula is C14H14F3NO2. The fraction of sp³-hybridized carbons (Fsp3) is 0.357. The van der Waals surface area contributed by atoms with Crippen LogP contribution < -0.4 is 0 Å². The van der Waals surface area contributed by atoms with Crippen molar-refractivity contribution >= 4 is 5.97 Å². The zero-order chi connectivity index (χ0) is 14.9. The van der Waals surface area contributed by atoms with Gasteiger partial charge in [0.1, 0.15) is 0 Å². The summed E-state index contributed by atoms with van der Waals surface area (Å²) in [6.07, 6.45) is -2.49. The molecule has 2 rings (SSSR count). The topological polar surface area (TPSA) is 40.5 Å². The van der Waals surface area contributed by atoms with Gasteiger partial charge in [0.25, 0.3) is 0 Å². The predicted octanol–water partition coefficient (Wildman–Crippen LogP) is 3.09. The zero-order valence-electron chi connectivity index (χ0n) is 10.8. The lowest BCUT2D eigenvalue weighted by Gasteiger charge is -2.30. The highest BCUT2D eigenvalue weighted by Crippen LogP contribution is 2.33. The van der Waals surface area contributed by atoms with Crippen LogP contribution in [-0.2, 0) is 11.0 Å². The molecule has 0 saturated carbocycles. The highest BCUT2D eigenvalue weighted by atomic mass is 19.4. The predicted molar refractivity (Wildman–Crippen MR) is 67.2 cm³/mol. The van der Waals surface area contributed by atoms with Crippen LogP contribution in [0.5, 0.6) is 0 Å². The first-order valence-corrected chi connectivity index (χ1v) is 6.10. The number of hydrogen-bond donors (Lipinski definition) is 1. The number of aliphatic carboxylic acids is 1. The Morgan fingerprint density at radius 2 is 2.10 bits per heavy atom. The van der Waals surface area contributed by atoms with Crippen molar-refractivity contribution < 1.29 is 23.1 Å². The molecule has 1 aliphatic rings. The van der Waals surface area contributed by atoms with Gasteiger partial charge in [-0.15, -0.1) is 0 Å². The van der Waals surface area contributed by atoms with E-state index in [0.717, 1.165) is 12.1 Å². The van der Waals surface area contributed by atoms with E-state index in [4.69, 9.17) is 5.11 Å². The maximum Gasteiger partial charge on any atom is 0.416 e. The minimum absolute atomic E-state index is 0.241. The smallest absolute Gasteiger partial charge is 0.416 e. The van der Waals surface area contributed by atoms with Crippen LogP contribution in [-0.4, -0.2) is 29.6 Å². The number of carbonyl (C=O) groups is 1. The number of carboxylic acids is 1. The van der Waals surface area contributed by atoms with Crippen molar-refractivity contribution in [2.24, 2.45) is 0 Å². The molecule has 0 radical (unpaired) electrons. The molecule has 0 spiro atoms. The maximum absolute atomic E-state index is 12.7. The summed E-state index contributed by atoms with van der Waals surface area (Å²) in [5.41, 5.74) is -0.0365. The van der Waals surface area contributed by atoms with Gasteiger partial charge in [-0.2, -0.15) is 13.2 Å². The van der Waals surface area contributed by atoms with Crippen molar-refractivity contribution in [1.29, 1.82) is 0 Å². The van der Waals surface area contributed by atoms with E-state index in [9.17, 15) is 18.0 Å². The first-order chi connectivity index (χ1) is 9.29. The highest BCUT2D eigenvalue weighted by molar-refractivity contribution is 5.86. The summed E-state index contributed by atoms with van der Waals surface area (Å²) in [5.74, 6) is -1.02. The van der Waals surface area contributed by atoms with Crippen LogP contribution in [0.3, 0.4) is 0 Å². The van der Waals surface area contributed by atoms with Crippen LogP contribution in [0.2, 0.25) is 0 Å². The van der Waals surface area contributed by atoms with E-state index in [0.29, 0.717) is 18.5 Å². The highest BCUT2D eigenvalue weighted by Gasteiger charge is 2.31. The molecule has 0 aromatic heterocycles. The van der Waals surface area contributed by atoms with Crippen molar-refractivity contribution in [2.45, 2.75) is 18.6 Å². The summed E-state index contributed by atoms with van der Waals surface area (Å²) in [4.78, 5) is 12.8. The van der Waals surface area contributed by atoms with E-state index in [-0.39, 0.29) is 5.57 Å². The van der Waals surface area contributed by atoms with Gasteiger partial charge in [0.2, 0.25) is 0 Å². The Morgan fingerprint density at radius 3 is 2.70 bits per heavy atom. The molecule has 0 aliphatic carbocycles. The summed E-state index contributed by atoms with van der Waals surface area (Å²) >= 11 is 0. The van der Waals surface area contributed by atoms with Crippen LogP contribution in [0.15, 0.2) is 35.9 Å². The standard InChI is InChI=1S/C14H14F3NO2/c1-18-6-5-10(13(19)20)8-12(18)9-3-2-4-11(7-9)14(15,16)17/h2-4,7-8,12H,5-6H2,1H3,(H,19,20). The summed E-state index contributed by atoms with van der Waals surface area (Å²) < 4.78 is 38.1. The Kier molecular flexibility index (Phi) is 3.85. The molecule has 1 aromatic rings. The van der Waals surface area contributed by atoms with E-state index in [1.54, 1.807) is 13.1 Å². The second-order valence-electron chi connectivity index (χ2n) is 4.80. The van der Waals surface area contributed by atoms with Gasteiger partial charge in [0, 0.05) is 12.1 Å². The van der Waals surface area contributed by atoms with E-state index < -0.39 is 23.8 Å². The second-order valence-corrected chi connectivity index (χ2v) is 4.80. The summed E-state index contributed by atoms with van der Waals surface area (Å²) in [5, 5.41) is 9.01. The summed E-state index contributed by atoms with van der Waals surface area (Å²) in [6, 6.07) is 4.56. The minimum Gasteiger partial charge on any atom is -0.478 e. The fourth-order valence-corrected chi connectivity index (χ4v) is 2.26. The number of carboxylic acid groups (broad SMARTS) is 1. The number of likely N-dealkylation sites (N-methyl/N-ethyl adjacent to an activating group) is 1. The Balaban J connectivity index is 2.39. The molecule has 0 saturated heterocycles. The quantitative estimate of drug-likeness (QED) is 0.907. The largest absolute Gasteiger partial charge is 0.478 e. The van der Waals surface area contributed by atoms with Crippen molar-refractivity contribution in [1.82, 2.24) is 4.90 Å². The second kappa shape index (κ2) is 5.28. The van der Waals surface area contributed by atoms with Gasteiger partial charge in [-0.1, -0.05) is 18.2 Å².